The molecule has 4 nitrogen and oxygen atoms in total. The van der Waals surface area contributed by atoms with Crippen LogP contribution in [0.3, 0.4) is 0 Å². The van der Waals surface area contributed by atoms with E-state index in [4.69, 9.17) is 4.42 Å². The Labute approximate surface area is 103 Å². The van der Waals surface area contributed by atoms with Gasteiger partial charge in [-0.05, 0) is 24.3 Å². The Bertz CT molecular complexity index is 564. The third-order valence-electron chi connectivity index (χ3n) is 2.26. The van der Waals surface area contributed by atoms with E-state index in [-0.39, 0.29) is 5.56 Å². The average molecular weight is 246 g/mol. The van der Waals surface area contributed by atoms with Gasteiger partial charge in [-0.1, -0.05) is 18.7 Å². The molecule has 5 heteroatoms. The van der Waals surface area contributed by atoms with Crippen LogP contribution in [0.5, 0.6) is 0 Å². The Hall–Kier alpha value is -2.56. The molecule has 2 aromatic rings. The molecule has 0 saturated carbocycles. The Kier molecular flexibility index (Phi) is 3.43. The molecule has 2 rings (SSSR count). The maximum atomic E-state index is 13.3. The largest absolute Gasteiger partial charge is 0.463 e. The Balaban J connectivity index is 1.97. The smallest absolute Gasteiger partial charge is 0.272 e. The molecule has 1 amide bonds. The number of amides is 1. The van der Waals surface area contributed by atoms with Crippen LogP contribution in [0.1, 0.15) is 16.1 Å². The van der Waals surface area contributed by atoms with Gasteiger partial charge in [-0.2, -0.15) is 0 Å². The van der Waals surface area contributed by atoms with Crippen molar-refractivity contribution in [3.63, 3.8) is 0 Å². The summed E-state index contributed by atoms with van der Waals surface area (Å²) < 4.78 is 18.4. The van der Waals surface area contributed by atoms with Crippen LogP contribution in [0.25, 0.3) is 5.70 Å². The van der Waals surface area contributed by atoms with Gasteiger partial charge in [0, 0.05) is 0 Å². The number of hydrazine groups is 1. The van der Waals surface area contributed by atoms with Gasteiger partial charge in [0.25, 0.3) is 5.91 Å². The molecule has 0 aliphatic rings. The van der Waals surface area contributed by atoms with Crippen LogP contribution in [-0.4, -0.2) is 5.91 Å². The van der Waals surface area contributed by atoms with Gasteiger partial charge >= 0.3 is 0 Å². The number of rotatable bonds is 4. The minimum Gasteiger partial charge on any atom is -0.463 e. The number of furan rings is 1. The second-order valence-electron chi connectivity index (χ2n) is 3.51. The normalized spacial score (nSPS) is 9.83. The Morgan fingerprint density at radius 1 is 1.17 bits per heavy atom. The van der Waals surface area contributed by atoms with Crippen molar-refractivity contribution < 1.29 is 13.6 Å². The van der Waals surface area contributed by atoms with Crippen molar-refractivity contribution in [2.45, 2.75) is 0 Å². The van der Waals surface area contributed by atoms with Crippen molar-refractivity contribution in [1.29, 1.82) is 0 Å². The zero-order chi connectivity index (χ0) is 13.0. The second kappa shape index (κ2) is 5.18. The minimum absolute atomic E-state index is 0.0442. The van der Waals surface area contributed by atoms with Crippen LogP contribution in [0.15, 0.2) is 53.7 Å². The molecule has 1 heterocycles. The lowest BCUT2D eigenvalue weighted by atomic mass is 10.2. The average Bonchev–Trinajstić information content (AvgIpc) is 2.90. The van der Waals surface area contributed by atoms with Crippen LogP contribution in [0, 0.1) is 5.82 Å². The molecule has 18 heavy (non-hydrogen) atoms. The maximum absolute atomic E-state index is 13.3. The molecular weight excluding hydrogens is 235 g/mol. The summed E-state index contributed by atoms with van der Waals surface area (Å²) in [4.78, 5) is 11.7. The highest BCUT2D eigenvalue weighted by Crippen LogP contribution is 2.09. The van der Waals surface area contributed by atoms with Gasteiger partial charge in [-0.3, -0.25) is 15.6 Å². The fourth-order valence-corrected chi connectivity index (χ4v) is 1.36. The van der Waals surface area contributed by atoms with Crippen molar-refractivity contribution in [2.24, 2.45) is 0 Å². The molecule has 0 atom stereocenters. The molecular formula is C13H11FN2O2. The summed E-state index contributed by atoms with van der Waals surface area (Å²) in [7, 11) is 0. The van der Waals surface area contributed by atoms with E-state index >= 15 is 0 Å². The molecule has 0 fully saturated rings. The highest BCUT2D eigenvalue weighted by atomic mass is 19.1. The van der Waals surface area contributed by atoms with Crippen LogP contribution in [0.4, 0.5) is 4.39 Å². The summed E-state index contributed by atoms with van der Waals surface area (Å²) in [5.74, 6) is -0.676. The van der Waals surface area contributed by atoms with E-state index < -0.39 is 11.7 Å². The van der Waals surface area contributed by atoms with Crippen molar-refractivity contribution >= 4 is 11.6 Å². The van der Waals surface area contributed by atoms with Crippen LogP contribution < -0.4 is 10.9 Å². The SMILES string of the molecule is C=C(NNC(=O)c1ccccc1F)c1ccco1. The predicted molar refractivity (Wildman–Crippen MR) is 64.7 cm³/mol. The predicted octanol–water partition coefficient (Wildman–Crippen LogP) is 2.32. The van der Waals surface area contributed by atoms with Crippen LogP contribution in [-0.2, 0) is 0 Å². The van der Waals surface area contributed by atoms with Gasteiger partial charge in [0.2, 0.25) is 0 Å². The number of carbonyl (C=O) groups is 1. The summed E-state index contributed by atoms with van der Waals surface area (Å²) in [6.07, 6.45) is 1.49. The van der Waals surface area contributed by atoms with Crippen molar-refractivity contribution in [3.8, 4) is 0 Å². The molecule has 1 aromatic heterocycles. The van der Waals surface area contributed by atoms with E-state index in [1.807, 2.05) is 0 Å². The van der Waals surface area contributed by atoms with E-state index in [9.17, 15) is 9.18 Å². The lowest BCUT2D eigenvalue weighted by molar-refractivity contribution is 0.0938. The summed E-state index contributed by atoms with van der Waals surface area (Å²) in [6.45, 7) is 3.67. The first kappa shape index (κ1) is 11.9. The third kappa shape index (κ3) is 2.57. The van der Waals surface area contributed by atoms with Gasteiger partial charge in [0.05, 0.1) is 17.5 Å². The van der Waals surface area contributed by atoms with Gasteiger partial charge in [0.1, 0.15) is 5.82 Å². The first-order chi connectivity index (χ1) is 8.68. The highest BCUT2D eigenvalue weighted by molar-refractivity contribution is 5.94. The van der Waals surface area contributed by atoms with Gasteiger partial charge in [0.15, 0.2) is 5.76 Å². The molecule has 0 spiro atoms. The first-order valence-corrected chi connectivity index (χ1v) is 5.22. The maximum Gasteiger partial charge on any atom is 0.272 e. The number of benzene rings is 1. The zero-order valence-corrected chi connectivity index (χ0v) is 9.44. The van der Waals surface area contributed by atoms with E-state index in [1.165, 1.54) is 24.5 Å². The summed E-state index contributed by atoms with van der Waals surface area (Å²) in [5, 5.41) is 0. The second-order valence-corrected chi connectivity index (χ2v) is 3.51. The monoisotopic (exact) mass is 246 g/mol. The van der Waals surface area contributed by atoms with Gasteiger partial charge in [-0.25, -0.2) is 4.39 Å². The van der Waals surface area contributed by atoms with Crippen LogP contribution >= 0.6 is 0 Å². The summed E-state index contributed by atoms with van der Waals surface area (Å²) >= 11 is 0. The van der Waals surface area contributed by atoms with Crippen molar-refractivity contribution in [3.05, 3.63) is 66.4 Å². The van der Waals surface area contributed by atoms with E-state index in [1.54, 1.807) is 18.2 Å². The number of hydrogen-bond donors (Lipinski definition) is 2. The molecule has 0 bridgehead atoms. The molecule has 1 aromatic carbocycles. The van der Waals surface area contributed by atoms with Crippen molar-refractivity contribution in [2.75, 3.05) is 0 Å². The number of hydrogen-bond acceptors (Lipinski definition) is 3. The van der Waals surface area contributed by atoms with Gasteiger partial charge in [-0.15, -0.1) is 0 Å². The molecule has 2 N–H and O–H groups in total. The lowest BCUT2D eigenvalue weighted by Crippen LogP contribution is -2.36. The van der Waals surface area contributed by atoms with Gasteiger partial charge < -0.3 is 4.42 Å². The highest BCUT2D eigenvalue weighted by Gasteiger charge is 2.10. The molecule has 0 unspecified atom stereocenters. The van der Waals surface area contributed by atoms with Crippen LogP contribution in [0.2, 0.25) is 0 Å². The topological polar surface area (TPSA) is 54.3 Å². The van der Waals surface area contributed by atoms with E-state index in [2.05, 4.69) is 17.4 Å². The standard InChI is InChI=1S/C13H11FN2O2/c1-9(12-7-4-8-18-12)15-16-13(17)10-5-2-3-6-11(10)14/h2-8,15H,1H2,(H,16,17). The summed E-state index contributed by atoms with van der Waals surface area (Å²) in [6, 6.07) is 9.09. The first-order valence-electron chi connectivity index (χ1n) is 5.22. The number of halogens is 1. The molecule has 92 valence electrons. The Morgan fingerprint density at radius 3 is 2.61 bits per heavy atom. The van der Waals surface area contributed by atoms with E-state index in [0.717, 1.165) is 0 Å². The molecule has 0 aliphatic carbocycles. The zero-order valence-electron chi connectivity index (χ0n) is 9.44. The minimum atomic E-state index is -0.583. The fourth-order valence-electron chi connectivity index (χ4n) is 1.36. The van der Waals surface area contributed by atoms with E-state index in [0.29, 0.717) is 11.5 Å². The molecule has 0 aliphatic heterocycles. The number of carbonyl (C=O) groups excluding carboxylic acids is 1. The Morgan fingerprint density at radius 2 is 1.94 bits per heavy atom. The third-order valence-corrected chi connectivity index (χ3v) is 2.26. The fraction of sp³-hybridized carbons (Fsp3) is 0. The molecule has 0 saturated heterocycles. The number of nitrogens with one attached hydrogen (secondary N) is 2. The van der Waals surface area contributed by atoms with Crippen molar-refractivity contribution in [1.82, 2.24) is 10.9 Å². The molecule has 0 radical (unpaired) electrons. The quantitative estimate of drug-likeness (QED) is 0.814. The summed E-state index contributed by atoms with van der Waals surface area (Å²) in [5.41, 5.74) is 5.23. The lowest BCUT2D eigenvalue weighted by Gasteiger charge is -2.09.